The van der Waals surface area contributed by atoms with E-state index in [1.54, 1.807) is 0 Å². The van der Waals surface area contributed by atoms with Crippen molar-refractivity contribution in [3.05, 3.63) is 140 Å². The fourth-order valence-electron chi connectivity index (χ4n) is 5.12. The van der Waals surface area contributed by atoms with E-state index >= 15 is 0 Å². The van der Waals surface area contributed by atoms with Crippen molar-refractivity contribution in [2.75, 3.05) is 4.90 Å². The molecule has 0 atom stereocenters. The van der Waals surface area contributed by atoms with Gasteiger partial charge in [-0.25, -0.2) is 0 Å². The lowest BCUT2D eigenvalue weighted by atomic mass is 9.97. The molecule has 7 rings (SSSR count). The van der Waals surface area contributed by atoms with E-state index in [-0.39, 0.29) is 0 Å². The summed E-state index contributed by atoms with van der Waals surface area (Å²) < 4.78 is 2.64. The third-order valence-electron chi connectivity index (χ3n) is 6.82. The Balaban J connectivity index is 1.54. The largest absolute Gasteiger partial charge is 0.310 e. The van der Waals surface area contributed by atoms with Crippen molar-refractivity contribution >= 4 is 59.3 Å². The number of fused-ring (bicyclic) bond motifs is 4. The van der Waals surface area contributed by atoms with E-state index in [0.717, 1.165) is 11.4 Å². The van der Waals surface area contributed by atoms with E-state index in [4.69, 9.17) is 0 Å². The minimum Gasteiger partial charge on any atom is -0.310 e. The lowest BCUT2D eigenvalue weighted by molar-refractivity contribution is 1.29. The summed E-state index contributed by atoms with van der Waals surface area (Å²) in [5.41, 5.74) is 5.90. The van der Waals surface area contributed by atoms with Gasteiger partial charge in [0.2, 0.25) is 0 Å². The first-order valence-corrected chi connectivity index (χ1v) is 13.0. The monoisotopic (exact) mass is 477 g/mol. The summed E-state index contributed by atoms with van der Waals surface area (Å²) in [4.78, 5) is 2.40. The smallest absolute Gasteiger partial charge is 0.0546 e. The van der Waals surface area contributed by atoms with E-state index in [2.05, 4.69) is 144 Å². The minimum atomic E-state index is 1.14. The maximum absolute atomic E-state index is 2.40. The molecular formula is C34H23NS. The highest BCUT2D eigenvalue weighted by atomic mass is 32.1. The highest BCUT2D eigenvalue weighted by Crippen LogP contribution is 2.44. The average Bonchev–Trinajstić information content (AvgIpc) is 3.32. The fraction of sp³-hybridized carbons (Fsp3) is 0. The molecule has 0 saturated carbocycles. The number of para-hydroxylation sites is 1. The van der Waals surface area contributed by atoms with Gasteiger partial charge in [-0.15, -0.1) is 11.3 Å². The third-order valence-corrected chi connectivity index (χ3v) is 7.97. The van der Waals surface area contributed by atoms with Crippen LogP contribution in [0, 0.1) is 0 Å². The van der Waals surface area contributed by atoms with Crippen molar-refractivity contribution in [2.24, 2.45) is 0 Å². The van der Waals surface area contributed by atoms with Gasteiger partial charge in [0, 0.05) is 37.1 Å². The molecule has 0 aliphatic rings. The Kier molecular flexibility index (Phi) is 5.04. The Morgan fingerprint density at radius 1 is 0.444 bits per heavy atom. The fourth-order valence-corrected chi connectivity index (χ4v) is 6.21. The first-order valence-electron chi connectivity index (χ1n) is 12.2. The first-order chi connectivity index (χ1) is 17.8. The van der Waals surface area contributed by atoms with E-state index in [1.165, 1.54) is 47.8 Å². The van der Waals surface area contributed by atoms with Crippen LogP contribution in [0.3, 0.4) is 0 Å². The number of benzene rings is 6. The van der Waals surface area contributed by atoms with E-state index in [0.29, 0.717) is 0 Å². The molecule has 170 valence electrons. The predicted molar refractivity (Wildman–Crippen MR) is 157 cm³/mol. The molecular weight excluding hydrogens is 454 g/mol. The van der Waals surface area contributed by atoms with Gasteiger partial charge < -0.3 is 4.90 Å². The second-order valence-corrected chi connectivity index (χ2v) is 10.1. The summed E-state index contributed by atoms with van der Waals surface area (Å²) >= 11 is 1.86. The van der Waals surface area contributed by atoms with Crippen molar-refractivity contribution in [1.29, 1.82) is 0 Å². The molecule has 7 aromatic rings. The summed E-state index contributed by atoms with van der Waals surface area (Å²) in [5, 5.41) is 5.09. The van der Waals surface area contributed by atoms with Crippen LogP contribution in [0.2, 0.25) is 0 Å². The standard InChI is InChI=1S/C34H23NS/c1-3-11-24(12-4-1)30-21-25-13-7-8-14-26(25)22-32(30)35(27-15-5-2-6-16-27)28-19-20-34-31(23-28)29-17-9-10-18-33(29)36-34/h1-23H. The van der Waals surface area contributed by atoms with Crippen molar-refractivity contribution in [3.63, 3.8) is 0 Å². The molecule has 0 aliphatic carbocycles. The van der Waals surface area contributed by atoms with Crippen LogP contribution in [0.25, 0.3) is 42.1 Å². The highest BCUT2D eigenvalue weighted by molar-refractivity contribution is 7.25. The summed E-state index contributed by atoms with van der Waals surface area (Å²) in [6, 6.07) is 50.3. The zero-order chi connectivity index (χ0) is 23.9. The van der Waals surface area contributed by atoms with Crippen LogP contribution in [-0.2, 0) is 0 Å². The number of nitrogens with zero attached hydrogens (tertiary/aromatic N) is 1. The summed E-state index contributed by atoms with van der Waals surface area (Å²) in [6.07, 6.45) is 0. The average molecular weight is 478 g/mol. The van der Waals surface area contributed by atoms with Crippen LogP contribution in [-0.4, -0.2) is 0 Å². The van der Waals surface area contributed by atoms with Gasteiger partial charge in [0.05, 0.1) is 5.69 Å². The Hall–Kier alpha value is -4.40. The quantitative estimate of drug-likeness (QED) is 0.244. The van der Waals surface area contributed by atoms with Gasteiger partial charge in [0.1, 0.15) is 0 Å². The van der Waals surface area contributed by atoms with Gasteiger partial charge in [-0.2, -0.15) is 0 Å². The zero-order valence-electron chi connectivity index (χ0n) is 19.6. The molecule has 0 saturated heterocycles. The number of hydrogen-bond acceptors (Lipinski definition) is 2. The number of anilines is 3. The number of hydrogen-bond donors (Lipinski definition) is 0. The van der Waals surface area contributed by atoms with Crippen molar-refractivity contribution in [2.45, 2.75) is 0 Å². The molecule has 0 aliphatic heterocycles. The Labute approximate surface area is 214 Å². The van der Waals surface area contributed by atoms with E-state index in [1.807, 2.05) is 11.3 Å². The summed E-state index contributed by atoms with van der Waals surface area (Å²) in [6.45, 7) is 0. The number of rotatable bonds is 4. The van der Waals surface area contributed by atoms with Gasteiger partial charge in [0.25, 0.3) is 0 Å². The normalized spacial score (nSPS) is 11.3. The molecule has 1 heterocycles. The second-order valence-electron chi connectivity index (χ2n) is 9.03. The van der Waals surface area contributed by atoms with Gasteiger partial charge in [-0.1, -0.05) is 91.0 Å². The maximum atomic E-state index is 2.40. The van der Waals surface area contributed by atoms with Crippen LogP contribution < -0.4 is 4.90 Å². The lowest BCUT2D eigenvalue weighted by Crippen LogP contribution is -2.11. The minimum absolute atomic E-state index is 1.14. The molecule has 6 aromatic carbocycles. The SMILES string of the molecule is c1ccc(-c2cc3ccccc3cc2N(c2ccccc2)c2ccc3sc4ccccc4c3c2)cc1. The topological polar surface area (TPSA) is 3.24 Å². The molecule has 2 heteroatoms. The summed E-state index contributed by atoms with van der Waals surface area (Å²) in [7, 11) is 0. The molecule has 0 fully saturated rings. The van der Waals surface area contributed by atoms with E-state index in [9.17, 15) is 0 Å². The Morgan fingerprint density at radius 2 is 1.08 bits per heavy atom. The van der Waals surface area contributed by atoms with Crippen LogP contribution in [0.1, 0.15) is 0 Å². The van der Waals surface area contributed by atoms with Crippen LogP contribution in [0.5, 0.6) is 0 Å². The van der Waals surface area contributed by atoms with E-state index < -0.39 is 0 Å². The third kappa shape index (κ3) is 3.55. The van der Waals surface area contributed by atoms with Gasteiger partial charge >= 0.3 is 0 Å². The predicted octanol–water partition coefficient (Wildman–Crippen LogP) is 10.3. The molecule has 0 bridgehead atoms. The van der Waals surface area contributed by atoms with Crippen molar-refractivity contribution in [1.82, 2.24) is 0 Å². The molecule has 0 radical (unpaired) electrons. The molecule has 1 aromatic heterocycles. The second kappa shape index (κ2) is 8.67. The molecule has 36 heavy (non-hydrogen) atoms. The maximum Gasteiger partial charge on any atom is 0.0546 e. The molecule has 0 unspecified atom stereocenters. The lowest BCUT2D eigenvalue weighted by Gasteiger charge is -2.28. The molecule has 0 N–H and O–H groups in total. The molecule has 0 spiro atoms. The number of thiophene rings is 1. The van der Waals surface area contributed by atoms with Crippen LogP contribution >= 0.6 is 11.3 Å². The Bertz CT molecular complexity index is 1830. The van der Waals surface area contributed by atoms with Crippen molar-refractivity contribution < 1.29 is 0 Å². The molecule has 1 nitrogen and oxygen atoms in total. The summed E-state index contributed by atoms with van der Waals surface area (Å²) in [5.74, 6) is 0. The zero-order valence-corrected chi connectivity index (χ0v) is 20.5. The Morgan fingerprint density at radius 3 is 1.89 bits per heavy atom. The highest BCUT2D eigenvalue weighted by Gasteiger charge is 2.19. The van der Waals surface area contributed by atoms with Crippen molar-refractivity contribution in [3.8, 4) is 11.1 Å². The van der Waals surface area contributed by atoms with Crippen LogP contribution in [0.15, 0.2) is 140 Å². The van der Waals surface area contributed by atoms with Gasteiger partial charge in [-0.3, -0.25) is 0 Å². The molecule has 0 amide bonds. The van der Waals surface area contributed by atoms with Gasteiger partial charge in [-0.05, 0) is 64.9 Å². The first kappa shape index (κ1) is 20.9. The van der Waals surface area contributed by atoms with Crippen LogP contribution in [0.4, 0.5) is 17.1 Å². The van der Waals surface area contributed by atoms with Gasteiger partial charge in [0.15, 0.2) is 0 Å².